The van der Waals surface area contributed by atoms with Crippen LogP contribution in [0.25, 0.3) is 0 Å². The third-order valence-electron chi connectivity index (χ3n) is 5.80. The Morgan fingerprint density at radius 3 is 2.69 bits per heavy atom. The molecule has 0 nitrogen and oxygen atoms in total. The zero-order valence-electron chi connectivity index (χ0n) is 10.3. The van der Waals surface area contributed by atoms with Crippen molar-refractivity contribution in [3.63, 3.8) is 0 Å². The van der Waals surface area contributed by atoms with Crippen LogP contribution in [0.3, 0.4) is 0 Å². The third-order valence-corrected chi connectivity index (χ3v) is 5.80. The minimum atomic E-state index is 0.804. The third kappa shape index (κ3) is 0.924. The highest BCUT2D eigenvalue weighted by Gasteiger charge is 2.72. The molecule has 0 aliphatic heterocycles. The molecule has 3 aliphatic rings. The highest BCUT2D eigenvalue weighted by atomic mass is 14.8. The molecule has 1 aromatic carbocycles. The van der Waals surface area contributed by atoms with Crippen LogP contribution >= 0.6 is 0 Å². The van der Waals surface area contributed by atoms with Crippen LogP contribution in [0, 0.1) is 31.1 Å². The molecule has 0 amide bonds. The molecule has 3 fully saturated rings. The summed E-state index contributed by atoms with van der Waals surface area (Å²) < 4.78 is 0. The fraction of sp³-hybridized carbons (Fsp3) is 0.625. The van der Waals surface area contributed by atoms with Gasteiger partial charge in [0.1, 0.15) is 0 Å². The molecule has 1 aromatic rings. The van der Waals surface area contributed by atoms with Crippen molar-refractivity contribution in [2.45, 2.75) is 45.4 Å². The van der Waals surface area contributed by atoms with Crippen LogP contribution in [-0.2, 0) is 0 Å². The molecule has 1 spiro atoms. The Labute approximate surface area is 98.1 Å². The van der Waals surface area contributed by atoms with Crippen molar-refractivity contribution in [3.8, 4) is 0 Å². The molecule has 0 bridgehead atoms. The Morgan fingerprint density at radius 2 is 1.94 bits per heavy atom. The van der Waals surface area contributed by atoms with E-state index in [1.807, 2.05) is 0 Å². The maximum atomic E-state index is 2.46. The van der Waals surface area contributed by atoms with Gasteiger partial charge in [-0.15, -0.1) is 0 Å². The van der Waals surface area contributed by atoms with Gasteiger partial charge in [0.15, 0.2) is 0 Å². The smallest absolute Gasteiger partial charge is 0.00944 e. The molecule has 84 valence electrons. The van der Waals surface area contributed by atoms with E-state index in [1.165, 1.54) is 30.4 Å². The molecule has 0 aromatic heterocycles. The van der Waals surface area contributed by atoms with Crippen molar-refractivity contribution in [2.24, 2.45) is 17.3 Å². The minimum absolute atomic E-state index is 0.804. The Bertz CT molecular complexity index is 459. The largest absolute Gasteiger partial charge is 0.0590 e. The first-order valence-corrected chi connectivity index (χ1v) is 6.79. The zero-order chi connectivity index (χ0) is 10.9. The standard InChI is InChI=1S/C16H20/c1-10-3-4-11(2)14(7-10)15-8-12-5-6-13-9-16(12,13)15/h3-4,7,12-13,15H,5-6,8-9H2,1-2H3. The lowest BCUT2D eigenvalue weighted by atomic mass is 9.59. The predicted molar refractivity (Wildman–Crippen MR) is 66.5 cm³/mol. The van der Waals surface area contributed by atoms with Crippen LogP contribution in [0.15, 0.2) is 18.2 Å². The molecule has 0 heterocycles. The van der Waals surface area contributed by atoms with Crippen LogP contribution < -0.4 is 0 Å². The Balaban J connectivity index is 1.74. The molecule has 0 heteroatoms. The minimum Gasteiger partial charge on any atom is -0.0590 e. The molecule has 4 rings (SSSR count). The second-order valence-electron chi connectivity index (χ2n) is 6.44. The molecule has 0 N–H and O–H groups in total. The summed E-state index contributed by atoms with van der Waals surface area (Å²) >= 11 is 0. The molecule has 3 aliphatic carbocycles. The monoisotopic (exact) mass is 212 g/mol. The maximum Gasteiger partial charge on any atom is -0.00944 e. The van der Waals surface area contributed by atoms with Gasteiger partial charge < -0.3 is 0 Å². The second kappa shape index (κ2) is 2.72. The summed E-state index contributed by atoms with van der Waals surface area (Å²) in [6.45, 7) is 4.53. The SMILES string of the molecule is Cc1ccc(C)c(C2CC3CCC4CC342)c1. The molecule has 4 atom stereocenters. The first-order chi connectivity index (χ1) is 7.72. The van der Waals surface area contributed by atoms with E-state index in [9.17, 15) is 0 Å². The van der Waals surface area contributed by atoms with E-state index >= 15 is 0 Å². The summed E-state index contributed by atoms with van der Waals surface area (Å²) in [6.07, 6.45) is 6.11. The van der Waals surface area contributed by atoms with Crippen molar-refractivity contribution >= 4 is 0 Å². The van der Waals surface area contributed by atoms with E-state index in [2.05, 4.69) is 32.0 Å². The van der Waals surface area contributed by atoms with Gasteiger partial charge in [0.2, 0.25) is 0 Å². The fourth-order valence-corrected chi connectivity index (χ4v) is 4.85. The molecule has 16 heavy (non-hydrogen) atoms. The molecule has 3 saturated carbocycles. The van der Waals surface area contributed by atoms with Crippen LogP contribution in [0.2, 0.25) is 0 Å². The van der Waals surface area contributed by atoms with Crippen LogP contribution in [-0.4, -0.2) is 0 Å². The second-order valence-corrected chi connectivity index (χ2v) is 6.44. The van der Waals surface area contributed by atoms with Gasteiger partial charge in [0.25, 0.3) is 0 Å². The molecule has 4 unspecified atom stereocenters. The van der Waals surface area contributed by atoms with Gasteiger partial charge >= 0.3 is 0 Å². The normalized spacial score (nSPS) is 43.5. The number of benzene rings is 1. The van der Waals surface area contributed by atoms with Gasteiger partial charge in [-0.1, -0.05) is 23.8 Å². The number of hydrogen-bond acceptors (Lipinski definition) is 0. The molecule has 0 saturated heterocycles. The summed E-state index contributed by atoms with van der Waals surface area (Å²) in [5, 5.41) is 0. The highest BCUT2D eigenvalue weighted by molar-refractivity contribution is 5.40. The van der Waals surface area contributed by atoms with Crippen LogP contribution in [0.4, 0.5) is 0 Å². The first kappa shape index (κ1) is 9.27. The van der Waals surface area contributed by atoms with Gasteiger partial charge in [-0.2, -0.15) is 0 Å². The van der Waals surface area contributed by atoms with E-state index in [1.54, 1.807) is 12.0 Å². The summed E-state index contributed by atoms with van der Waals surface area (Å²) in [5.41, 5.74) is 5.45. The fourth-order valence-electron chi connectivity index (χ4n) is 4.85. The summed E-state index contributed by atoms with van der Waals surface area (Å²) in [4.78, 5) is 0. The Hall–Kier alpha value is -0.780. The quantitative estimate of drug-likeness (QED) is 0.654. The summed E-state index contributed by atoms with van der Waals surface area (Å²) in [6, 6.07) is 7.03. The number of aryl methyl sites for hydroxylation is 2. The van der Waals surface area contributed by atoms with Crippen molar-refractivity contribution in [1.29, 1.82) is 0 Å². The average molecular weight is 212 g/mol. The van der Waals surface area contributed by atoms with Crippen molar-refractivity contribution in [3.05, 3.63) is 34.9 Å². The van der Waals surface area contributed by atoms with Crippen molar-refractivity contribution < 1.29 is 0 Å². The Morgan fingerprint density at radius 1 is 1.12 bits per heavy atom. The lowest BCUT2D eigenvalue weighted by Gasteiger charge is -2.45. The summed E-state index contributed by atoms with van der Waals surface area (Å²) in [5.74, 6) is 3.13. The van der Waals surface area contributed by atoms with Crippen molar-refractivity contribution in [2.75, 3.05) is 0 Å². The van der Waals surface area contributed by atoms with Gasteiger partial charge in [-0.05, 0) is 73.8 Å². The van der Waals surface area contributed by atoms with E-state index < -0.39 is 0 Å². The van der Waals surface area contributed by atoms with E-state index in [-0.39, 0.29) is 0 Å². The van der Waals surface area contributed by atoms with E-state index in [0.717, 1.165) is 23.2 Å². The molecular formula is C16H20. The van der Waals surface area contributed by atoms with Crippen LogP contribution in [0.5, 0.6) is 0 Å². The summed E-state index contributed by atoms with van der Waals surface area (Å²) in [7, 11) is 0. The van der Waals surface area contributed by atoms with E-state index in [0.29, 0.717) is 0 Å². The molecular weight excluding hydrogens is 192 g/mol. The maximum absolute atomic E-state index is 2.46. The lowest BCUT2D eigenvalue weighted by molar-refractivity contribution is 0.118. The van der Waals surface area contributed by atoms with Gasteiger partial charge in [0, 0.05) is 0 Å². The molecule has 0 radical (unpaired) electrons. The predicted octanol–water partition coefficient (Wildman–Crippen LogP) is 4.21. The topological polar surface area (TPSA) is 0 Å². The van der Waals surface area contributed by atoms with Gasteiger partial charge in [-0.3, -0.25) is 0 Å². The van der Waals surface area contributed by atoms with E-state index in [4.69, 9.17) is 0 Å². The Kier molecular flexibility index (Phi) is 1.58. The lowest BCUT2D eigenvalue weighted by Crippen LogP contribution is -2.35. The number of hydrogen-bond donors (Lipinski definition) is 0. The zero-order valence-corrected chi connectivity index (χ0v) is 10.3. The first-order valence-electron chi connectivity index (χ1n) is 6.79. The number of rotatable bonds is 1. The van der Waals surface area contributed by atoms with Crippen molar-refractivity contribution in [1.82, 2.24) is 0 Å². The van der Waals surface area contributed by atoms with Gasteiger partial charge in [-0.25, -0.2) is 0 Å². The average Bonchev–Trinajstić information content (AvgIpc) is 2.93. The highest BCUT2D eigenvalue weighted by Crippen LogP contribution is 2.81. The van der Waals surface area contributed by atoms with Gasteiger partial charge in [0.05, 0.1) is 0 Å². The van der Waals surface area contributed by atoms with Crippen LogP contribution in [0.1, 0.15) is 48.3 Å².